The van der Waals surface area contributed by atoms with E-state index in [4.69, 9.17) is 11.6 Å². The van der Waals surface area contributed by atoms with E-state index in [9.17, 15) is 19.2 Å². The topological polar surface area (TPSA) is 79.7 Å². The van der Waals surface area contributed by atoms with E-state index in [1.807, 2.05) is 18.7 Å². The van der Waals surface area contributed by atoms with Crippen LogP contribution in [0.2, 0.25) is 5.02 Å². The molecule has 2 saturated heterocycles. The number of imide groups is 1. The van der Waals surface area contributed by atoms with E-state index < -0.39 is 16.6 Å². The molecule has 0 aliphatic carbocycles. The number of rotatable bonds is 3. The third-order valence-corrected chi connectivity index (χ3v) is 9.87. The van der Waals surface area contributed by atoms with Crippen molar-refractivity contribution >= 4 is 58.1 Å². The summed E-state index contributed by atoms with van der Waals surface area (Å²) >= 11 is 8.30. The van der Waals surface area contributed by atoms with Gasteiger partial charge in [-0.25, -0.2) is 4.90 Å². The van der Waals surface area contributed by atoms with Crippen LogP contribution in [0.15, 0.2) is 34.1 Å². The van der Waals surface area contributed by atoms with Gasteiger partial charge in [0.15, 0.2) is 0 Å². The molecule has 2 unspecified atom stereocenters. The van der Waals surface area contributed by atoms with Gasteiger partial charge in [0.2, 0.25) is 17.7 Å². The highest BCUT2D eigenvalue weighted by Crippen LogP contribution is 2.54. The molecule has 5 rings (SSSR count). The van der Waals surface area contributed by atoms with Gasteiger partial charge in [0.05, 0.1) is 16.6 Å². The van der Waals surface area contributed by atoms with Gasteiger partial charge in [0.1, 0.15) is 11.8 Å². The Labute approximate surface area is 204 Å². The molecule has 4 heterocycles. The van der Waals surface area contributed by atoms with Gasteiger partial charge in [-0.2, -0.15) is 0 Å². The summed E-state index contributed by atoms with van der Waals surface area (Å²) in [5.74, 6) is -1.24. The molecular weight excluding hydrogens is 482 g/mol. The smallest absolute Gasteiger partial charge is 0.308 e. The van der Waals surface area contributed by atoms with Gasteiger partial charge in [-0.15, -0.1) is 0 Å². The molecule has 7 nitrogen and oxygen atoms in total. The lowest BCUT2D eigenvalue weighted by Gasteiger charge is -2.36. The van der Waals surface area contributed by atoms with Gasteiger partial charge < -0.3 is 4.90 Å². The number of hydrogen-bond donors (Lipinski definition) is 0. The predicted molar refractivity (Wildman–Crippen MR) is 129 cm³/mol. The normalized spacial score (nSPS) is 24.1. The molecule has 3 aliphatic rings. The molecule has 3 aliphatic heterocycles. The third kappa shape index (κ3) is 3.65. The van der Waals surface area contributed by atoms with E-state index in [-0.39, 0.29) is 29.1 Å². The maximum atomic E-state index is 13.5. The number of carbonyl (C=O) groups is 3. The zero-order chi connectivity index (χ0) is 23.5. The van der Waals surface area contributed by atoms with E-state index in [2.05, 4.69) is 0 Å². The molecule has 1 aromatic heterocycles. The van der Waals surface area contributed by atoms with Gasteiger partial charge >= 0.3 is 4.87 Å². The highest BCUT2D eigenvalue weighted by molar-refractivity contribution is 8.00. The Morgan fingerprint density at radius 1 is 1.06 bits per heavy atom. The highest BCUT2D eigenvalue weighted by atomic mass is 35.5. The minimum absolute atomic E-state index is 0.0336. The van der Waals surface area contributed by atoms with E-state index in [1.54, 1.807) is 24.3 Å². The Kier molecular flexibility index (Phi) is 5.69. The standard InChI is InChI=1S/C23H24ClN3O4S2/c1-23(2)16-17(20(30)27(19(16)29)14-8-6-13(24)7-9-14)32-21-18(23)33-22(31)26(21)12-15(28)25-10-4-3-5-11-25/h6-9,16-17H,3-5,10-12H2,1-2H3. The molecule has 0 N–H and O–H groups in total. The van der Waals surface area contributed by atoms with Crippen molar-refractivity contribution in [3.05, 3.63) is 43.8 Å². The van der Waals surface area contributed by atoms with Crippen LogP contribution in [-0.2, 0) is 26.3 Å². The van der Waals surface area contributed by atoms with Gasteiger partial charge in [-0.1, -0.05) is 48.5 Å². The van der Waals surface area contributed by atoms with Crippen molar-refractivity contribution in [3.8, 4) is 0 Å². The quantitative estimate of drug-likeness (QED) is 0.596. The van der Waals surface area contributed by atoms with Crippen LogP contribution in [0.5, 0.6) is 0 Å². The number of piperidine rings is 1. The molecule has 2 atom stereocenters. The molecule has 10 heteroatoms. The molecule has 0 saturated carbocycles. The first-order chi connectivity index (χ1) is 15.7. The predicted octanol–water partition coefficient (Wildman–Crippen LogP) is 3.52. The van der Waals surface area contributed by atoms with E-state index in [0.29, 0.717) is 28.8 Å². The maximum Gasteiger partial charge on any atom is 0.308 e. The van der Waals surface area contributed by atoms with Gasteiger partial charge in [-0.3, -0.25) is 23.7 Å². The zero-order valence-corrected chi connectivity index (χ0v) is 20.8. The lowest BCUT2D eigenvalue weighted by Crippen LogP contribution is -2.42. The van der Waals surface area contributed by atoms with Gasteiger partial charge in [-0.05, 0) is 43.5 Å². The monoisotopic (exact) mass is 505 g/mol. The van der Waals surface area contributed by atoms with Crippen molar-refractivity contribution in [1.82, 2.24) is 9.47 Å². The number of nitrogens with zero attached hydrogens (tertiary/aromatic N) is 3. The lowest BCUT2D eigenvalue weighted by atomic mass is 9.76. The number of thiazole rings is 1. The van der Waals surface area contributed by atoms with Crippen LogP contribution < -0.4 is 9.77 Å². The molecule has 0 spiro atoms. The number of likely N-dealkylation sites (tertiary alicyclic amines) is 1. The molecule has 0 bridgehead atoms. The van der Waals surface area contributed by atoms with Crippen molar-refractivity contribution in [2.75, 3.05) is 18.0 Å². The summed E-state index contributed by atoms with van der Waals surface area (Å²) < 4.78 is 1.50. The second kappa shape index (κ2) is 8.29. The summed E-state index contributed by atoms with van der Waals surface area (Å²) in [6, 6.07) is 6.63. The summed E-state index contributed by atoms with van der Waals surface area (Å²) in [5, 5.41) is 0.510. The molecular formula is C23H24ClN3O4S2. The van der Waals surface area contributed by atoms with Crippen LogP contribution in [-0.4, -0.2) is 45.5 Å². The van der Waals surface area contributed by atoms with Gasteiger partial charge in [0, 0.05) is 28.4 Å². The molecule has 3 amide bonds. The summed E-state index contributed by atoms with van der Waals surface area (Å²) in [4.78, 5) is 56.3. The second-order valence-corrected chi connectivity index (χ2v) is 11.8. The number of anilines is 1. The number of fused-ring (bicyclic) bond motifs is 2. The van der Waals surface area contributed by atoms with Crippen molar-refractivity contribution in [2.45, 2.75) is 55.3 Å². The molecule has 2 fully saturated rings. The zero-order valence-electron chi connectivity index (χ0n) is 18.4. The maximum absolute atomic E-state index is 13.5. The largest absolute Gasteiger partial charge is 0.341 e. The first-order valence-electron chi connectivity index (χ1n) is 11.0. The van der Waals surface area contributed by atoms with Crippen molar-refractivity contribution in [1.29, 1.82) is 0 Å². The third-order valence-electron chi connectivity index (χ3n) is 6.79. The molecule has 0 radical (unpaired) electrons. The SMILES string of the molecule is CC1(C)c2sc(=O)n(CC(=O)N3CCCCC3)c2SC2C(=O)N(c3ccc(Cl)cc3)C(=O)C21. The van der Waals surface area contributed by atoms with Crippen LogP contribution in [0, 0.1) is 5.92 Å². The van der Waals surface area contributed by atoms with Crippen LogP contribution >= 0.6 is 34.7 Å². The number of amides is 3. The summed E-state index contributed by atoms with van der Waals surface area (Å²) in [6.07, 6.45) is 3.07. The van der Waals surface area contributed by atoms with E-state index in [1.165, 1.54) is 21.2 Å². The number of benzene rings is 1. The fourth-order valence-electron chi connectivity index (χ4n) is 4.99. The molecule has 1 aromatic carbocycles. The second-order valence-electron chi connectivity index (χ2n) is 9.26. The van der Waals surface area contributed by atoms with Crippen molar-refractivity contribution in [3.63, 3.8) is 0 Å². The number of thioether (sulfide) groups is 1. The highest BCUT2D eigenvalue weighted by Gasteiger charge is 2.59. The first-order valence-corrected chi connectivity index (χ1v) is 13.1. The van der Waals surface area contributed by atoms with Crippen molar-refractivity contribution in [2.24, 2.45) is 5.92 Å². The van der Waals surface area contributed by atoms with Crippen LogP contribution in [0.25, 0.3) is 0 Å². The lowest BCUT2D eigenvalue weighted by molar-refractivity contribution is -0.133. The summed E-state index contributed by atoms with van der Waals surface area (Å²) in [7, 11) is 0. The summed E-state index contributed by atoms with van der Waals surface area (Å²) in [5.41, 5.74) is -0.233. The minimum atomic E-state index is -0.720. The number of carbonyl (C=O) groups excluding carboxylic acids is 3. The average molecular weight is 506 g/mol. The van der Waals surface area contributed by atoms with Gasteiger partial charge in [0.25, 0.3) is 0 Å². The average Bonchev–Trinajstić information content (AvgIpc) is 3.24. The van der Waals surface area contributed by atoms with E-state index in [0.717, 1.165) is 35.5 Å². The Balaban J connectivity index is 1.49. The minimum Gasteiger partial charge on any atom is -0.341 e. The van der Waals surface area contributed by atoms with Crippen LogP contribution in [0.1, 0.15) is 38.0 Å². The fraction of sp³-hybridized carbons (Fsp3) is 0.478. The van der Waals surface area contributed by atoms with E-state index >= 15 is 0 Å². The van der Waals surface area contributed by atoms with Crippen LogP contribution in [0.3, 0.4) is 0 Å². The summed E-state index contributed by atoms with van der Waals surface area (Å²) in [6.45, 7) is 5.21. The fourth-order valence-corrected chi connectivity index (χ4v) is 8.15. The molecule has 2 aromatic rings. The number of hydrogen-bond acceptors (Lipinski definition) is 6. The molecule has 33 heavy (non-hydrogen) atoms. The Morgan fingerprint density at radius 3 is 2.39 bits per heavy atom. The Morgan fingerprint density at radius 2 is 1.73 bits per heavy atom. The Hall–Kier alpha value is -2.10. The molecule has 174 valence electrons. The van der Waals surface area contributed by atoms with Crippen molar-refractivity contribution < 1.29 is 14.4 Å². The first kappa shape index (κ1) is 22.7. The van der Waals surface area contributed by atoms with Crippen LogP contribution in [0.4, 0.5) is 5.69 Å². The number of aromatic nitrogens is 1. The number of halogens is 1. The Bertz CT molecular complexity index is 1200.